The van der Waals surface area contributed by atoms with E-state index in [1.807, 2.05) is 72.8 Å². The van der Waals surface area contributed by atoms with Gasteiger partial charge in [-0.1, -0.05) is 53.4 Å². The van der Waals surface area contributed by atoms with Gasteiger partial charge in [-0.05, 0) is 183 Å². The minimum absolute atomic E-state index is 0.259. The Morgan fingerprint density at radius 2 is 1.33 bits per heavy atom. The zero-order valence-electron chi connectivity index (χ0n) is 31.8. The van der Waals surface area contributed by atoms with E-state index in [-0.39, 0.29) is 5.97 Å². The van der Waals surface area contributed by atoms with Crippen molar-refractivity contribution in [2.24, 2.45) is 52.3 Å². The van der Waals surface area contributed by atoms with Crippen molar-refractivity contribution in [3.8, 4) is 0 Å². The zero-order valence-corrected chi connectivity index (χ0v) is 31.8. The average molecular weight is 690 g/mol. The predicted octanol–water partition coefficient (Wildman–Crippen LogP) is 12.0. The largest absolute Gasteiger partial charge is 0.462 e. The molecule has 4 fully saturated rings. The van der Waals surface area contributed by atoms with E-state index in [1.165, 1.54) is 77.0 Å². The molecule has 0 aromatic heterocycles. The summed E-state index contributed by atoms with van der Waals surface area (Å²) in [6.45, 7) is 10.7. The average Bonchev–Trinajstić information content (AvgIpc) is 3.49. The molecule has 0 heterocycles. The summed E-state index contributed by atoms with van der Waals surface area (Å²) in [5, 5.41) is 0. The molecule has 2 unspecified atom stereocenters. The van der Waals surface area contributed by atoms with Gasteiger partial charge in [0.1, 0.15) is 0 Å². The fraction of sp³-hybridized carbons (Fsp3) is 0.587. The number of benzene rings is 3. The summed E-state index contributed by atoms with van der Waals surface area (Å²) in [5.74, 6) is 5.66. The molecule has 4 aliphatic carbocycles. The number of ether oxygens (including phenoxy) is 1. The van der Waals surface area contributed by atoms with Gasteiger partial charge in [0, 0.05) is 28.4 Å². The fourth-order valence-corrected chi connectivity index (χ4v) is 12.1. The number of fused-ring (bicyclic) bond motifs is 5. The van der Waals surface area contributed by atoms with E-state index in [9.17, 15) is 4.79 Å². The number of nitrogen functional groups attached to an aromatic ring is 2. The van der Waals surface area contributed by atoms with Crippen LogP contribution in [0.2, 0.25) is 0 Å². The number of rotatable bonds is 11. The Kier molecular flexibility index (Phi) is 10.5. The highest BCUT2D eigenvalue weighted by Gasteiger charge is 2.60. The molecule has 0 saturated heterocycles. The van der Waals surface area contributed by atoms with Crippen molar-refractivity contribution in [2.45, 2.75) is 111 Å². The lowest BCUT2D eigenvalue weighted by atomic mass is 9.44. The number of hydrogen-bond acceptors (Lipinski definition) is 5. The van der Waals surface area contributed by atoms with Crippen molar-refractivity contribution in [3.05, 3.63) is 78.4 Å². The molecule has 4 saturated carbocycles. The number of nitrogens with zero attached hydrogens (tertiary/aromatic N) is 1. The van der Waals surface area contributed by atoms with Crippen LogP contribution in [0.4, 0.5) is 28.4 Å². The van der Waals surface area contributed by atoms with E-state index in [0.717, 1.165) is 59.0 Å². The SMILES string of the molecule is CC(CCC[C@@H](C)[C@H]1CC[C@H]2[C@@H]3CCC4CCCC[C@]4(C)[C@H]3CC[C@]12C)COC(=O)c1ccc(N(c2ccc(N)cc2)c2ccc(N)cc2)cc1. The Balaban J connectivity index is 0.893. The van der Waals surface area contributed by atoms with E-state index >= 15 is 0 Å². The quantitative estimate of drug-likeness (QED) is 0.155. The first-order chi connectivity index (χ1) is 24.6. The van der Waals surface area contributed by atoms with Gasteiger partial charge in [0.05, 0.1) is 12.2 Å². The van der Waals surface area contributed by atoms with Gasteiger partial charge in [-0.2, -0.15) is 0 Å². The van der Waals surface area contributed by atoms with Crippen LogP contribution in [0.1, 0.15) is 122 Å². The van der Waals surface area contributed by atoms with Crippen molar-refractivity contribution in [1.82, 2.24) is 0 Å². The van der Waals surface area contributed by atoms with Crippen molar-refractivity contribution in [1.29, 1.82) is 0 Å². The number of carbonyl (C=O) groups excluding carboxylic acids is 1. The van der Waals surface area contributed by atoms with Crippen LogP contribution < -0.4 is 16.4 Å². The molecule has 0 aliphatic heterocycles. The Morgan fingerprint density at radius 3 is 1.98 bits per heavy atom. The van der Waals surface area contributed by atoms with Crippen LogP contribution in [-0.2, 0) is 4.74 Å². The van der Waals surface area contributed by atoms with Crippen molar-refractivity contribution >= 4 is 34.4 Å². The number of carbonyl (C=O) groups is 1. The number of nitrogens with two attached hydrogens (primary N) is 2. The Labute approximate surface area is 307 Å². The summed E-state index contributed by atoms with van der Waals surface area (Å²) in [5.41, 5.74) is 18.0. The van der Waals surface area contributed by atoms with E-state index in [2.05, 4.69) is 32.6 Å². The van der Waals surface area contributed by atoms with Crippen LogP contribution in [0, 0.1) is 52.3 Å². The number of hydrogen-bond donors (Lipinski definition) is 2. The van der Waals surface area contributed by atoms with Crippen molar-refractivity contribution < 1.29 is 9.53 Å². The van der Waals surface area contributed by atoms with Gasteiger partial charge >= 0.3 is 5.97 Å². The molecule has 51 heavy (non-hydrogen) atoms. The lowest BCUT2D eigenvalue weighted by Crippen LogP contribution is -2.53. The minimum Gasteiger partial charge on any atom is -0.462 e. The molecule has 0 spiro atoms. The number of esters is 1. The molecule has 9 atom stereocenters. The molecule has 4 aliphatic rings. The fourth-order valence-electron chi connectivity index (χ4n) is 12.1. The van der Waals surface area contributed by atoms with E-state index in [0.29, 0.717) is 40.3 Å². The molecule has 3 aromatic rings. The van der Waals surface area contributed by atoms with Crippen LogP contribution in [0.15, 0.2) is 72.8 Å². The molecule has 3 aromatic carbocycles. The lowest BCUT2D eigenvalue weighted by Gasteiger charge is -2.61. The molecule has 7 rings (SSSR count). The molecule has 274 valence electrons. The minimum atomic E-state index is -0.259. The Morgan fingerprint density at radius 1 is 0.725 bits per heavy atom. The summed E-state index contributed by atoms with van der Waals surface area (Å²) in [6.07, 6.45) is 18.4. The van der Waals surface area contributed by atoms with E-state index in [1.54, 1.807) is 0 Å². The third-order valence-electron chi connectivity index (χ3n) is 14.9. The summed E-state index contributed by atoms with van der Waals surface area (Å²) in [4.78, 5) is 15.2. The summed E-state index contributed by atoms with van der Waals surface area (Å²) in [7, 11) is 0. The third kappa shape index (κ3) is 7.16. The Bertz CT molecular complexity index is 1570. The monoisotopic (exact) mass is 689 g/mol. The first kappa shape index (κ1) is 35.9. The number of anilines is 5. The first-order valence-electron chi connectivity index (χ1n) is 20.3. The normalized spacial score (nSPS) is 31.1. The highest BCUT2D eigenvalue weighted by atomic mass is 16.5. The maximum absolute atomic E-state index is 13.1. The van der Waals surface area contributed by atoms with E-state index in [4.69, 9.17) is 16.2 Å². The second-order valence-electron chi connectivity index (χ2n) is 17.8. The van der Waals surface area contributed by atoms with Crippen LogP contribution in [0.5, 0.6) is 0 Å². The van der Waals surface area contributed by atoms with Gasteiger partial charge < -0.3 is 21.1 Å². The zero-order chi connectivity index (χ0) is 35.8. The van der Waals surface area contributed by atoms with Gasteiger partial charge in [0.2, 0.25) is 0 Å². The van der Waals surface area contributed by atoms with Crippen molar-refractivity contribution in [3.63, 3.8) is 0 Å². The maximum Gasteiger partial charge on any atom is 0.338 e. The highest BCUT2D eigenvalue weighted by molar-refractivity contribution is 5.90. The predicted molar refractivity (Wildman–Crippen MR) is 212 cm³/mol. The summed E-state index contributed by atoms with van der Waals surface area (Å²) in [6, 6.07) is 23.2. The molecule has 5 heteroatoms. The van der Waals surface area contributed by atoms with Gasteiger partial charge in [-0.25, -0.2) is 4.79 Å². The molecule has 5 nitrogen and oxygen atoms in total. The van der Waals surface area contributed by atoms with E-state index < -0.39 is 0 Å². The van der Waals surface area contributed by atoms with Gasteiger partial charge in [0.25, 0.3) is 0 Å². The molecule has 0 amide bonds. The lowest BCUT2D eigenvalue weighted by molar-refractivity contribution is -0.114. The second-order valence-corrected chi connectivity index (χ2v) is 17.8. The topological polar surface area (TPSA) is 81.6 Å². The molecular weight excluding hydrogens is 627 g/mol. The standard InChI is InChI=1S/C46H63N3O2/c1-31(8-7-9-32(2)41-25-26-42-40-24-13-34-10-5-6-28-45(34,3)43(40)27-29-46(41,42)4)30-51-44(50)33-11-18-37(19-12-33)49(38-20-14-35(47)15-21-38)39-22-16-36(48)17-23-39/h11-12,14-23,31-32,34,40-43H,5-10,13,24-30,47-48H2,1-4H3/t31?,32-,34?,40+,41-,42+,43+,45+,46-/m1/s1. The maximum atomic E-state index is 13.1. The van der Waals surface area contributed by atoms with Crippen LogP contribution >= 0.6 is 0 Å². The summed E-state index contributed by atoms with van der Waals surface area (Å²) >= 11 is 0. The van der Waals surface area contributed by atoms with Crippen LogP contribution in [0.3, 0.4) is 0 Å². The smallest absolute Gasteiger partial charge is 0.338 e. The van der Waals surface area contributed by atoms with Crippen molar-refractivity contribution in [2.75, 3.05) is 23.0 Å². The van der Waals surface area contributed by atoms with Gasteiger partial charge in [0.15, 0.2) is 0 Å². The molecule has 0 radical (unpaired) electrons. The third-order valence-corrected chi connectivity index (χ3v) is 14.9. The second kappa shape index (κ2) is 14.9. The molecule has 0 bridgehead atoms. The van der Waals surface area contributed by atoms with Crippen LogP contribution in [0.25, 0.3) is 0 Å². The highest BCUT2D eigenvalue weighted by Crippen LogP contribution is 2.68. The summed E-state index contributed by atoms with van der Waals surface area (Å²) < 4.78 is 5.85. The molecule has 4 N–H and O–H groups in total. The van der Waals surface area contributed by atoms with Gasteiger partial charge in [-0.15, -0.1) is 0 Å². The first-order valence-corrected chi connectivity index (χ1v) is 20.3. The molecular formula is C46H63N3O2. The van der Waals surface area contributed by atoms with Gasteiger partial charge in [-0.3, -0.25) is 0 Å². The van der Waals surface area contributed by atoms with Crippen LogP contribution in [-0.4, -0.2) is 12.6 Å². The Hall–Kier alpha value is -3.47.